The van der Waals surface area contributed by atoms with Gasteiger partial charge in [0.2, 0.25) is 0 Å². The fourth-order valence-electron chi connectivity index (χ4n) is 2.44. The fourth-order valence-corrected chi connectivity index (χ4v) is 2.44. The third kappa shape index (κ3) is 3.08. The number of aliphatic carboxylic acids is 1. The first-order valence-corrected chi connectivity index (χ1v) is 6.59. The van der Waals surface area contributed by atoms with Crippen LogP contribution in [0.4, 0.5) is 10.5 Å². The predicted octanol–water partition coefficient (Wildman–Crippen LogP) is 1.15. The van der Waals surface area contributed by atoms with Crippen LogP contribution in [0.15, 0.2) is 30.3 Å². The highest BCUT2D eigenvalue weighted by atomic mass is 16.4. The molecule has 6 heteroatoms. The number of amides is 2. The molecule has 1 aliphatic rings. The lowest BCUT2D eigenvalue weighted by Gasteiger charge is -2.30. The second-order valence-electron chi connectivity index (χ2n) is 4.77. The van der Waals surface area contributed by atoms with Crippen LogP contribution in [0.25, 0.3) is 0 Å². The van der Waals surface area contributed by atoms with Crippen LogP contribution >= 0.6 is 0 Å². The zero-order chi connectivity index (χ0) is 14.5. The molecule has 0 aliphatic carbocycles. The van der Waals surface area contributed by atoms with Crippen molar-refractivity contribution in [3.63, 3.8) is 0 Å². The van der Waals surface area contributed by atoms with Gasteiger partial charge in [0, 0.05) is 12.2 Å². The number of carbonyl (C=O) groups excluding carboxylic acids is 1. The van der Waals surface area contributed by atoms with E-state index in [4.69, 9.17) is 5.11 Å². The van der Waals surface area contributed by atoms with Crippen LogP contribution in [-0.4, -0.2) is 52.9 Å². The highest BCUT2D eigenvalue weighted by Gasteiger charge is 2.32. The summed E-state index contributed by atoms with van der Waals surface area (Å²) in [6.45, 7) is 0.0615. The van der Waals surface area contributed by atoms with Crippen LogP contribution in [0, 0.1) is 0 Å². The number of likely N-dealkylation sites (tertiary alicyclic amines) is 1. The number of hydrogen-bond donors (Lipinski definition) is 2. The number of carboxylic acid groups (broad SMARTS) is 1. The molecule has 2 amide bonds. The van der Waals surface area contributed by atoms with Crippen LogP contribution in [-0.2, 0) is 4.79 Å². The van der Waals surface area contributed by atoms with Crippen LogP contribution in [0.1, 0.15) is 12.8 Å². The summed E-state index contributed by atoms with van der Waals surface area (Å²) in [6, 6.07) is 8.13. The maximum atomic E-state index is 12.5. The van der Waals surface area contributed by atoms with E-state index in [1.54, 1.807) is 35.2 Å². The van der Waals surface area contributed by atoms with Crippen molar-refractivity contribution in [2.75, 3.05) is 24.6 Å². The first kappa shape index (κ1) is 14.3. The summed E-state index contributed by atoms with van der Waals surface area (Å²) in [6.07, 6.45) is 1.57. The number of carboxylic acids is 1. The Balaban J connectivity index is 2.22. The summed E-state index contributed by atoms with van der Waals surface area (Å²) in [5.41, 5.74) is 0.545. The SMILES string of the molecule is O=C(O)CN(C(=O)N1CCCC1CO)c1ccccc1. The number of aliphatic hydroxyl groups excluding tert-OH is 1. The lowest BCUT2D eigenvalue weighted by molar-refractivity contribution is -0.135. The largest absolute Gasteiger partial charge is 0.480 e. The number of rotatable bonds is 4. The van der Waals surface area contributed by atoms with Crippen LogP contribution < -0.4 is 4.90 Å². The molecule has 1 saturated heterocycles. The molecule has 108 valence electrons. The van der Waals surface area contributed by atoms with Crippen molar-refractivity contribution in [1.29, 1.82) is 0 Å². The highest BCUT2D eigenvalue weighted by Crippen LogP contribution is 2.22. The normalized spacial score (nSPS) is 18.1. The van der Waals surface area contributed by atoms with Gasteiger partial charge < -0.3 is 15.1 Å². The summed E-state index contributed by atoms with van der Waals surface area (Å²) in [5, 5.41) is 18.3. The minimum absolute atomic E-state index is 0.0958. The minimum Gasteiger partial charge on any atom is -0.480 e. The number of anilines is 1. The van der Waals surface area contributed by atoms with Gasteiger partial charge in [-0.3, -0.25) is 9.69 Å². The monoisotopic (exact) mass is 278 g/mol. The lowest BCUT2D eigenvalue weighted by Crippen LogP contribution is -2.48. The Morgan fingerprint density at radius 3 is 2.60 bits per heavy atom. The van der Waals surface area contributed by atoms with Gasteiger partial charge in [0.1, 0.15) is 6.54 Å². The number of urea groups is 1. The lowest BCUT2D eigenvalue weighted by atomic mass is 10.2. The van der Waals surface area contributed by atoms with E-state index >= 15 is 0 Å². The zero-order valence-corrected chi connectivity index (χ0v) is 11.1. The Bertz CT molecular complexity index is 477. The molecule has 1 heterocycles. The van der Waals surface area contributed by atoms with Crippen molar-refractivity contribution in [2.24, 2.45) is 0 Å². The first-order chi connectivity index (χ1) is 9.63. The number of hydrogen-bond acceptors (Lipinski definition) is 3. The number of benzene rings is 1. The number of nitrogens with zero attached hydrogens (tertiary/aromatic N) is 2. The molecule has 1 atom stereocenters. The van der Waals surface area contributed by atoms with Gasteiger partial charge >= 0.3 is 12.0 Å². The molecule has 0 bridgehead atoms. The highest BCUT2D eigenvalue weighted by molar-refractivity contribution is 5.96. The van der Waals surface area contributed by atoms with E-state index in [1.807, 2.05) is 0 Å². The predicted molar refractivity (Wildman–Crippen MR) is 73.6 cm³/mol. The maximum absolute atomic E-state index is 12.5. The summed E-state index contributed by atoms with van der Waals surface area (Å²) in [5.74, 6) is -1.07. The van der Waals surface area contributed by atoms with Gasteiger partial charge in [0.15, 0.2) is 0 Å². The van der Waals surface area contributed by atoms with E-state index in [1.165, 1.54) is 4.90 Å². The molecule has 1 unspecified atom stereocenters. The number of para-hydroxylation sites is 1. The Hall–Kier alpha value is -2.08. The second kappa shape index (κ2) is 6.38. The number of aliphatic hydroxyl groups is 1. The van der Waals surface area contributed by atoms with E-state index in [-0.39, 0.29) is 18.7 Å². The molecule has 1 aliphatic heterocycles. The van der Waals surface area contributed by atoms with Crippen LogP contribution in [0.2, 0.25) is 0 Å². The van der Waals surface area contributed by atoms with Gasteiger partial charge in [-0.25, -0.2) is 4.79 Å². The molecule has 2 rings (SSSR count). The van der Waals surface area contributed by atoms with Crippen molar-refractivity contribution >= 4 is 17.7 Å². The molecule has 1 fully saturated rings. The molecule has 1 aromatic carbocycles. The average Bonchev–Trinajstić information content (AvgIpc) is 2.93. The van der Waals surface area contributed by atoms with Crippen LogP contribution in [0.3, 0.4) is 0 Å². The summed E-state index contributed by atoms with van der Waals surface area (Å²) >= 11 is 0. The van der Waals surface area contributed by atoms with Crippen molar-refractivity contribution in [3.8, 4) is 0 Å². The molecule has 20 heavy (non-hydrogen) atoms. The smallest absolute Gasteiger partial charge is 0.325 e. The third-order valence-electron chi connectivity index (χ3n) is 3.43. The molecule has 0 saturated carbocycles. The molecule has 2 N–H and O–H groups in total. The first-order valence-electron chi connectivity index (χ1n) is 6.59. The molecular weight excluding hydrogens is 260 g/mol. The van der Waals surface area contributed by atoms with Crippen molar-refractivity contribution in [2.45, 2.75) is 18.9 Å². The topological polar surface area (TPSA) is 81.1 Å². The van der Waals surface area contributed by atoms with Gasteiger partial charge in [-0.1, -0.05) is 18.2 Å². The van der Waals surface area contributed by atoms with E-state index in [2.05, 4.69) is 0 Å². The van der Waals surface area contributed by atoms with Gasteiger partial charge in [0.05, 0.1) is 12.6 Å². The zero-order valence-electron chi connectivity index (χ0n) is 11.1. The maximum Gasteiger partial charge on any atom is 0.325 e. The van der Waals surface area contributed by atoms with Gasteiger partial charge in [-0.05, 0) is 25.0 Å². The van der Waals surface area contributed by atoms with E-state index < -0.39 is 12.5 Å². The molecule has 6 nitrogen and oxygen atoms in total. The number of carbonyl (C=O) groups is 2. The Kier molecular flexibility index (Phi) is 4.57. The molecule has 1 aromatic rings. The summed E-state index contributed by atoms with van der Waals surface area (Å²) in [4.78, 5) is 26.3. The van der Waals surface area contributed by atoms with E-state index in [0.29, 0.717) is 12.2 Å². The fraction of sp³-hybridized carbons (Fsp3) is 0.429. The Labute approximate surface area is 117 Å². The van der Waals surface area contributed by atoms with E-state index in [9.17, 15) is 14.7 Å². The van der Waals surface area contributed by atoms with E-state index in [0.717, 1.165) is 12.8 Å². The molecular formula is C14H18N2O4. The standard InChI is InChI=1S/C14H18N2O4/c17-10-12-7-4-8-15(12)14(20)16(9-13(18)19)11-5-2-1-3-6-11/h1-3,5-6,12,17H,4,7-10H2,(H,18,19). The molecule has 0 radical (unpaired) electrons. The van der Waals surface area contributed by atoms with Gasteiger partial charge in [0.25, 0.3) is 0 Å². The average molecular weight is 278 g/mol. The third-order valence-corrected chi connectivity index (χ3v) is 3.43. The van der Waals surface area contributed by atoms with Crippen molar-refractivity contribution < 1.29 is 19.8 Å². The van der Waals surface area contributed by atoms with Crippen LogP contribution in [0.5, 0.6) is 0 Å². The summed E-state index contributed by atoms with van der Waals surface area (Å²) < 4.78 is 0. The second-order valence-corrected chi connectivity index (χ2v) is 4.77. The Morgan fingerprint density at radius 1 is 1.30 bits per heavy atom. The quantitative estimate of drug-likeness (QED) is 0.866. The van der Waals surface area contributed by atoms with Gasteiger partial charge in [-0.15, -0.1) is 0 Å². The van der Waals surface area contributed by atoms with Crippen molar-refractivity contribution in [1.82, 2.24) is 4.90 Å². The van der Waals surface area contributed by atoms with Crippen molar-refractivity contribution in [3.05, 3.63) is 30.3 Å². The minimum atomic E-state index is -1.07. The Morgan fingerprint density at radius 2 is 2.00 bits per heavy atom. The molecule has 0 spiro atoms. The molecule has 0 aromatic heterocycles. The van der Waals surface area contributed by atoms with Gasteiger partial charge in [-0.2, -0.15) is 0 Å². The summed E-state index contributed by atoms with van der Waals surface area (Å²) in [7, 11) is 0.